The molecule has 1 N–H and O–H groups in total. The van der Waals surface area contributed by atoms with Crippen LogP contribution in [-0.4, -0.2) is 49.3 Å². The van der Waals surface area contributed by atoms with Gasteiger partial charge in [0.25, 0.3) is 0 Å². The van der Waals surface area contributed by atoms with Crippen LogP contribution in [0.1, 0.15) is 66.7 Å². The van der Waals surface area contributed by atoms with Crippen LogP contribution in [0.15, 0.2) is 0 Å². The molecular formula is C18H38N2O. The Kier molecular flexibility index (Phi) is 9.54. The first-order valence-electron chi connectivity index (χ1n) is 9.13. The van der Waals surface area contributed by atoms with Gasteiger partial charge in [0, 0.05) is 19.1 Å². The summed E-state index contributed by atoms with van der Waals surface area (Å²) in [5.41, 5.74) is 0. The summed E-state index contributed by atoms with van der Waals surface area (Å²) in [7, 11) is 0. The number of nitrogens with one attached hydrogen (secondary N) is 1. The van der Waals surface area contributed by atoms with Crippen molar-refractivity contribution in [3.63, 3.8) is 0 Å². The van der Waals surface area contributed by atoms with Gasteiger partial charge >= 0.3 is 0 Å². The van der Waals surface area contributed by atoms with Gasteiger partial charge in [0.05, 0.1) is 12.2 Å². The highest BCUT2D eigenvalue weighted by atomic mass is 16.5. The third kappa shape index (κ3) is 8.18. The van der Waals surface area contributed by atoms with E-state index in [1.54, 1.807) is 0 Å². The van der Waals surface area contributed by atoms with Gasteiger partial charge in [-0.1, -0.05) is 33.6 Å². The van der Waals surface area contributed by atoms with Crippen LogP contribution in [-0.2, 0) is 4.74 Å². The quantitative estimate of drug-likeness (QED) is 0.589. The van der Waals surface area contributed by atoms with Crippen molar-refractivity contribution in [1.29, 1.82) is 0 Å². The molecule has 3 nitrogen and oxygen atoms in total. The molecular weight excluding hydrogens is 260 g/mol. The molecule has 0 bridgehead atoms. The molecule has 0 aromatic carbocycles. The van der Waals surface area contributed by atoms with E-state index < -0.39 is 0 Å². The van der Waals surface area contributed by atoms with Crippen molar-refractivity contribution in [2.45, 2.75) is 85.0 Å². The number of unbranched alkanes of at least 4 members (excludes halogenated alkanes) is 2. The molecule has 0 spiro atoms. The minimum atomic E-state index is 0.429. The fourth-order valence-corrected chi connectivity index (χ4v) is 2.98. The average Bonchev–Trinajstić information content (AvgIpc) is 2.85. The molecule has 1 aliphatic heterocycles. The molecule has 0 amide bonds. The SMILES string of the molecule is CCCCCN(CC1CCC(CNCC(C)C)O1)C(C)C. The summed E-state index contributed by atoms with van der Waals surface area (Å²) >= 11 is 0. The van der Waals surface area contributed by atoms with E-state index in [-0.39, 0.29) is 0 Å². The Bertz CT molecular complexity index is 256. The zero-order chi connectivity index (χ0) is 15.7. The maximum atomic E-state index is 6.23. The van der Waals surface area contributed by atoms with E-state index in [4.69, 9.17) is 4.74 Å². The third-order valence-corrected chi connectivity index (χ3v) is 4.34. The van der Waals surface area contributed by atoms with Gasteiger partial charge in [0.1, 0.15) is 0 Å². The van der Waals surface area contributed by atoms with Crippen LogP contribution in [0.2, 0.25) is 0 Å². The smallest absolute Gasteiger partial charge is 0.0707 e. The Hall–Kier alpha value is -0.120. The predicted octanol–water partition coefficient (Wildman–Crippen LogP) is 3.68. The second-order valence-corrected chi connectivity index (χ2v) is 7.31. The van der Waals surface area contributed by atoms with E-state index in [9.17, 15) is 0 Å². The maximum absolute atomic E-state index is 6.23. The molecule has 1 heterocycles. The van der Waals surface area contributed by atoms with E-state index >= 15 is 0 Å². The molecule has 1 fully saturated rings. The molecule has 126 valence electrons. The first-order valence-corrected chi connectivity index (χ1v) is 9.13. The number of nitrogens with zero attached hydrogens (tertiary/aromatic N) is 1. The van der Waals surface area contributed by atoms with Gasteiger partial charge in [0.15, 0.2) is 0 Å². The monoisotopic (exact) mass is 298 g/mol. The zero-order valence-corrected chi connectivity index (χ0v) is 15.0. The highest BCUT2D eigenvalue weighted by molar-refractivity contribution is 4.79. The molecule has 1 saturated heterocycles. The van der Waals surface area contributed by atoms with Crippen LogP contribution < -0.4 is 5.32 Å². The number of hydrogen-bond donors (Lipinski definition) is 1. The Morgan fingerprint density at radius 1 is 1.10 bits per heavy atom. The lowest BCUT2D eigenvalue weighted by atomic mass is 10.1. The molecule has 2 unspecified atom stereocenters. The van der Waals surface area contributed by atoms with Crippen LogP contribution >= 0.6 is 0 Å². The van der Waals surface area contributed by atoms with Gasteiger partial charge in [0.2, 0.25) is 0 Å². The molecule has 0 saturated carbocycles. The first-order chi connectivity index (χ1) is 10.0. The second-order valence-electron chi connectivity index (χ2n) is 7.31. The summed E-state index contributed by atoms with van der Waals surface area (Å²) < 4.78 is 6.23. The fourth-order valence-electron chi connectivity index (χ4n) is 2.98. The van der Waals surface area contributed by atoms with Crippen molar-refractivity contribution in [2.24, 2.45) is 5.92 Å². The average molecular weight is 299 g/mol. The zero-order valence-electron chi connectivity index (χ0n) is 15.0. The molecule has 21 heavy (non-hydrogen) atoms. The standard InChI is InChI=1S/C18H38N2O/c1-6-7-8-11-20(16(4)5)14-18-10-9-17(21-18)13-19-12-15(2)3/h15-19H,6-14H2,1-5H3. The lowest BCUT2D eigenvalue weighted by Gasteiger charge is -2.29. The molecule has 2 atom stereocenters. The minimum absolute atomic E-state index is 0.429. The minimum Gasteiger partial charge on any atom is -0.372 e. The molecule has 1 rings (SSSR count). The number of rotatable bonds is 11. The van der Waals surface area contributed by atoms with E-state index in [1.165, 1.54) is 38.6 Å². The Morgan fingerprint density at radius 2 is 1.81 bits per heavy atom. The lowest BCUT2D eigenvalue weighted by molar-refractivity contribution is 0.0168. The highest BCUT2D eigenvalue weighted by Crippen LogP contribution is 2.21. The van der Waals surface area contributed by atoms with Crippen LogP contribution in [0.4, 0.5) is 0 Å². The number of ether oxygens (including phenoxy) is 1. The van der Waals surface area contributed by atoms with Crippen LogP contribution in [0.3, 0.4) is 0 Å². The van der Waals surface area contributed by atoms with E-state index in [0.717, 1.165) is 25.6 Å². The Balaban J connectivity index is 2.24. The Labute approximate surface area is 132 Å². The highest BCUT2D eigenvalue weighted by Gasteiger charge is 2.27. The van der Waals surface area contributed by atoms with Crippen molar-refractivity contribution in [2.75, 3.05) is 26.2 Å². The summed E-state index contributed by atoms with van der Waals surface area (Å²) in [5, 5.41) is 3.53. The van der Waals surface area contributed by atoms with E-state index in [2.05, 4.69) is 44.8 Å². The molecule has 0 aromatic rings. The molecule has 0 radical (unpaired) electrons. The predicted molar refractivity (Wildman–Crippen MR) is 91.8 cm³/mol. The van der Waals surface area contributed by atoms with Gasteiger partial charge in [-0.2, -0.15) is 0 Å². The van der Waals surface area contributed by atoms with Gasteiger partial charge in [-0.25, -0.2) is 0 Å². The van der Waals surface area contributed by atoms with Gasteiger partial charge in [-0.05, 0) is 52.1 Å². The normalized spacial score (nSPS) is 22.9. The summed E-state index contributed by atoms with van der Waals surface area (Å²) in [6.45, 7) is 15.8. The third-order valence-electron chi connectivity index (χ3n) is 4.34. The van der Waals surface area contributed by atoms with Crippen molar-refractivity contribution < 1.29 is 4.74 Å². The second kappa shape index (κ2) is 10.6. The lowest BCUT2D eigenvalue weighted by Crippen LogP contribution is -2.39. The summed E-state index contributed by atoms with van der Waals surface area (Å²) in [6, 6.07) is 0.628. The fraction of sp³-hybridized carbons (Fsp3) is 1.00. The molecule has 0 aliphatic carbocycles. The maximum Gasteiger partial charge on any atom is 0.0707 e. The van der Waals surface area contributed by atoms with Gasteiger partial charge in [-0.15, -0.1) is 0 Å². The molecule has 1 aliphatic rings. The summed E-state index contributed by atoms with van der Waals surface area (Å²) in [5.74, 6) is 0.720. The first kappa shape index (κ1) is 18.9. The summed E-state index contributed by atoms with van der Waals surface area (Å²) in [6.07, 6.45) is 7.28. The topological polar surface area (TPSA) is 24.5 Å². The van der Waals surface area contributed by atoms with Crippen molar-refractivity contribution >= 4 is 0 Å². The molecule has 0 aromatic heterocycles. The van der Waals surface area contributed by atoms with E-state index in [1.807, 2.05) is 0 Å². The Morgan fingerprint density at radius 3 is 2.43 bits per heavy atom. The van der Waals surface area contributed by atoms with Crippen LogP contribution in [0, 0.1) is 5.92 Å². The van der Waals surface area contributed by atoms with Gasteiger partial charge in [-0.3, -0.25) is 4.90 Å². The van der Waals surface area contributed by atoms with Crippen molar-refractivity contribution in [3.8, 4) is 0 Å². The van der Waals surface area contributed by atoms with Crippen LogP contribution in [0.25, 0.3) is 0 Å². The van der Waals surface area contributed by atoms with Crippen molar-refractivity contribution in [3.05, 3.63) is 0 Å². The van der Waals surface area contributed by atoms with Crippen molar-refractivity contribution in [1.82, 2.24) is 10.2 Å². The summed E-state index contributed by atoms with van der Waals surface area (Å²) in [4.78, 5) is 2.60. The molecule has 3 heteroatoms. The van der Waals surface area contributed by atoms with Crippen LogP contribution in [0.5, 0.6) is 0 Å². The largest absolute Gasteiger partial charge is 0.372 e. The van der Waals surface area contributed by atoms with E-state index in [0.29, 0.717) is 18.2 Å². The number of hydrogen-bond acceptors (Lipinski definition) is 3. The van der Waals surface area contributed by atoms with Gasteiger partial charge < -0.3 is 10.1 Å².